The van der Waals surface area contributed by atoms with Crippen LogP contribution < -0.4 is 0 Å². The molecule has 0 aromatic carbocycles. The number of carboxylic acids is 1. The molecule has 1 aliphatic rings. The fourth-order valence-corrected chi connectivity index (χ4v) is 3.06. The first kappa shape index (κ1) is 14.7. The van der Waals surface area contributed by atoms with Crippen molar-refractivity contribution in [3.8, 4) is 0 Å². The van der Waals surface area contributed by atoms with E-state index in [0.717, 1.165) is 17.4 Å². The lowest BCUT2D eigenvalue weighted by atomic mass is 9.95. The molecule has 1 aromatic rings. The Morgan fingerprint density at radius 1 is 1.50 bits per heavy atom. The number of piperidine rings is 1. The number of carboxylic acid groups (broad SMARTS) is 1. The lowest BCUT2D eigenvalue weighted by Crippen LogP contribution is -2.48. The molecule has 5 nitrogen and oxygen atoms in total. The molecule has 1 amide bonds. The maximum atomic E-state index is 12.3. The van der Waals surface area contributed by atoms with Crippen LogP contribution in [0.4, 0.5) is 0 Å². The molecule has 1 fully saturated rings. The van der Waals surface area contributed by atoms with Crippen molar-refractivity contribution >= 4 is 29.3 Å². The highest BCUT2D eigenvalue weighted by Crippen LogP contribution is 2.24. The highest BCUT2D eigenvalue weighted by molar-refractivity contribution is 7.11. The summed E-state index contributed by atoms with van der Waals surface area (Å²) in [4.78, 5) is 25.1. The summed E-state index contributed by atoms with van der Waals surface area (Å²) in [5, 5.41) is 20.3. The van der Waals surface area contributed by atoms with Crippen LogP contribution in [0.25, 0.3) is 6.08 Å². The van der Waals surface area contributed by atoms with Gasteiger partial charge in [0.25, 0.3) is 5.91 Å². The molecule has 6 heteroatoms. The number of amides is 1. The Kier molecular flexibility index (Phi) is 4.25. The highest BCUT2D eigenvalue weighted by atomic mass is 32.1. The van der Waals surface area contributed by atoms with Gasteiger partial charge in [-0.2, -0.15) is 0 Å². The van der Waals surface area contributed by atoms with Crippen molar-refractivity contribution in [1.29, 1.82) is 0 Å². The molecular weight excluding hydrogens is 278 g/mol. The van der Waals surface area contributed by atoms with E-state index in [9.17, 15) is 14.7 Å². The molecule has 1 unspecified atom stereocenters. The Morgan fingerprint density at radius 3 is 2.90 bits per heavy atom. The monoisotopic (exact) mass is 295 g/mol. The maximum absolute atomic E-state index is 12.3. The van der Waals surface area contributed by atoms with Crippen LogP contribution in [-0.2, 0) is 4.79 Å². The fourth-order valence-electron chi connectivity index (χ4n) is 2.28. The molecule has 1 aliphatic heterocycles. The minimum absolute atomic E-state index is 0.115. The normalized spacial score (nSPS) is 23.2. The van der Waals surface area contributed by atoms with Gasteiger partial charge in [0.1, 0.15) is 0 Å². The third kappa shape index (κ3) is 3.68. The molecule has 1 atom stereocenters. The number of thiophene rings is 1. The van der Waals surface area contributed by atoms with E-state index in [1.807, 2.05) is 0 Å². The van der Waals surface area contributed by atoms with Gasteiger partial charge in [0.05, 0.1) is 11.2 Å². The van der Waals surface area contributed by atoms with Crippen LogP contribution in [0.15, 0.2) is 17.5 Å². The minimum atomic E-state index is -1.02. The number of aliphatic hydroxyl groups is 1. The van der Waals surface area contributed by atoms with E-state index in [4.69, 9.17) is 5.11 Å². The number of carbonyl (C=O) groups excluding carboxylic acids is 1. The third-order valence-corrected chi connectivity index (χ3v) is 4.12. The van der Waals surface area contributed by atoms with Crippen molar-refractivity contribution in [1.82, 2.24) is 4.90 Å². The largest absolute Gasteiger partial charge is 0.478 e. The average molecular weight is 295 g/mol. The van der Waals surface area contributed by atoms with Crippen molar-refractivity contribution in [2.45, 2.75) is 25.4 Å². The van der Waals surface area contributed by atoms with E-state index in [0.29, 0.717) is 25.1 Å². The van der Waals surface area contributed by atoms with Crippen molar-refractivity contribution in [2.75, 3.05) is 13.1 Å². The predicted octanol–water partition coefficient (Wildman–Crippen LogP) is 1.83. The van der Waals surface area contributed by atoms with Gasteiger partial charge in [-0.1, -0.05) is 0 Å². The first-order chi connectivity index (χ1) is 9.37. The quantitative estimate of drug-likeness (QED) is 0.834. The zero-order valence-electron chi connectivity index (χ0n) is 11.2. The topological polar surface area (TPSA) is 77.8 Å². The summed E-state index contributed by atoms with van der Waals surface area (Å²) in [5.41, 5.74) is -0.284. The van der Waals surface area contributed by atoms with E-state index in [1.54, 1.807) is 23.3 Å². The van der Waals surface area contributed by atoms with Crippen LogP contribution >= 0.6 is 11.3 Å². The van der Waals surface area contributed by atoms with E-state index in [2.05, 4.69) is 0 Å². The molecule has 2 rings (SSSR count). The van der Waals surface area contributed by atoms with Gasteiger partial charge in [-0.05, 0) is 31.9 Å². The lowest BCUT2D eigenvalue weighted by molar-refractivity contribution is -0.131. The van der Waals surface area contributed by atoms with Crippen molar-refractivity contribution in [2.24, 2.45) is 0 Å². The van der Waals surface area contributed by atoms with Crippen LogP contribution in [0, 0.1) is 0 Å². The summed E-state index contributed by atoms with van der Waals surface area (Å²) in [6.07, 6.45) is 4.00. The second kappa shape index (κ2) is 5.76. The Morgan fingerprint density at radius 2 is 2.25 bits per heavy atom. The summed E-state index contributed by atoms with van der Waals surface area (Å²) in [5.74, 6) is -1.13. The molecule has 2 heterocycles. The molecular formula is C14H17NO4S. The van der Waals surface area contributed by atoms with Gasteiger partial charge in [-0.3, -0.25) is 4.79 Å². The van der Waals surface area contributed by atoms with Crippen molar-refractivity contribution in [3.63, 3.8) is 0 Å². The summed E-state index contributed by atoms with van der Waals surface area (Å²) in [6, 6.07) is 1.68. The number of rotatable bonds is 3. The zero-order valence-corrected chi connectivity index (χ0v) is 12.0. The van der Waals surface area contributed by atoms with Gasteiger partial charge in [0.2, 0.25) is 0 Å². The molecule has 0 bridgehead atoms. The number of β-amino-alcohol motifs (C(OH)–C–C–N with tert-alkyl or cyclic N) is 1. The summed E-state index contributed by atoms with van der Waals surface area (Å²) in [7, 11) is 0. The van der Waals surface area contributed by atoms with Gasteiger partial charge >= 0.3 is 5.97 Å². The van der Waals surface area contributed by atoms with E-state index < -0.39 is 11.6 Å². The summed E-state index contributed by atoms with van der Waals surface area (Å²) in [6.45, 7) is 2.72. The Bertz CT molecular complexity index is 547. The van der Waals surface area contributed by atoms with Crippen LogP contribution in [0.5, 0.6) is 0 Å². The molecule has 20 heavy (non-hydrogen) atoms. The number of aliphatic carboxylic acids is 1. The maximum Gasteiger partial charge on any atom is 0.328 e. The van der Waals surface area contributed by atoms with Crippen molar-refractivity contribution < 1.29 is 19.8 Å². The molecule has 1 aromatic heterocycles. The molecule has 2 N–H and O–H groups in total. The molecule has 0 saturated carbocycles. The molecule has 1 saturated heterocycles. The van der Waals surface area contributed by atoms with Crippen LogP contribution in [0.1, 0.15) is 35.0 Å². The number of hydrogen-bond acceptors (Lipinski definition) is 4. The SMILES string of the molecule is CC1(O)CCCN(C(=O)c2csc(/C=C/C(=O)O)c2)C1. The van der Waals surface area contributed by atoms with Gasteiger partial charge < -0.3 is 15.1 Å². The Hall–Kier alpha value is -1.66. The third-order valence-electron chi connectivity index (χ3n) is 3.22. The predicted molar refractivity (Wildman–Crippen MR) is 76.8 cm³/mol. The smallest absolute Gasteiger partial charge is 0.328 e. The molecule has 0 spiro atoms. The van der Waals surface area contributed by atoms with Gasteiger partial charge in [0.15, 0.2) is 0 Å². The number of nitrogens with zero attached hydrogens (tertiary/aromatic N) is 1. The highest BCUT2D eigenvalue weighted by Gasteiger charge is 2.31. The number of hydrogen-bond donors (Lipinski definition) is 2. The molecule has 108 valence electrons. The summed E-state index contributed by atoms with van der Waals surface area (Å²) >= 11 is 1.32. The Balaban J connectivity index is 2.08. The number of carbonyl (C=O) groups is 2. The van der Waals surface area contributed by atoms with Crippen LogP contribution in [0.3, 0.4) is 0 Å². The van der Waals surface area contributed by atoms with E-state index in [-0.39, 0.29) is 5.91 Å². The van der Waals surface area contributed by atoms with Crippen molar-refractivity contribution in [3.05, 3.63) is 28.0 Å². The standard InChI is InChI=1S/C14H17NO4S/c1-14(19)5-2-6-15(9-14)13(18)10-7-11(20-8-10)3-4-12(16)17/h3-4,7-8,19H,2,5-6,9H2,1H3,(H,16,17)/b4-3+. The molecule has 0 aliphatic carbocycles. The van der Waals surface area contributed by atoms with Crippen LogP contribution in [-0.4, -0.2) is 45.7 Å². The molecule has 0 radical (unpaired) electrons. The Labute approximate surface area is 121 Å². The fraction of sp³-hybridized carbons (Fsp3) is 0.429. The second-order valence-corrected chi connectivity index (χ2v) is 6.18. The second-order valence-electron chi connectivity index (χ2n) is 5.24. The number of likely N-dealkylation sites (tertiary alicyclic amines) is 1. The van der Waals surface area contributed by atoms with Gasteiger partial charge in [-0.15, -0.1) is 11.3 Å². The van der Waals surface area contributed by atoms with E-state index in [1.165, 1.54) is 17.4 Å². The van der Waals surface area contributed by atoms with E-state index >= 15 is 0 Å². The van der Waals surface area contributed by atoms with Crippen LogP contribution in [0.2, 0.25) is 0 Å². The van der Waals surface area contributed by atoms with Gasteiger partial charge in [0, 0.05) is 29.4 Å². The first-order valence-electron chi connectivity index (χ1n) is 6.39. The zero-order chi connectivity index (χ0) is 14.8. The van der Waals surface area contributed by atoms with Gasteiger partial charge in [-0.25, -0.2) is 4.79 Å². The minimum Gasteiger partial charge on any atom is -0.478 e. The first-order valence-corrected chi connectivity index (χ1v) is 7.26. The lowest BCUT2D eigenvalue weighted by Gasteiger charge is -2.36. The summed E-state index contributed by atoms with van der Waals surface area (Å²) < 4.78 is 0. The average Bonchev–Trinajstić information content (AvgIpc) is 2.83.